The summed E-state index contributed by atoms with van der Waals surface area (Å²) in [4.78, 5) is 4.06. The van der Waals surface area contributed by atoms with Crippen molar-refractivity contribution in [1.82, 2.24) is 4.98 Å². The van der Waals surface area contributed by atoms with Gasteiger partial charge in [-0.15, -0.1) is 0 Å². The van der Waals surface area contributed by atoms with Gasteiger partial charge in [-0.2, -0.15) is 0 Å². The van der Waals surface area contributed by atoms with Gasteiger partial charge in [0.2, 0.25) is 0 Å². The van der Waals surface area contributed by atoms with Gasteiger partial charge in [0, 0.05) is 17.4 Å². The average molecular weight is 240 g/mol. The van der Waals surface area contributed by atoms with Crippen LogP contribution in [-0.2, 0) is 9.47 Å². The lowest BCUT2D eigenvalue weighted by Gasteiger charge is -2.12. The first kappa shape index (κ1) is 10.7. The first-order chi connectivity index (χ1) is 8.92. The van der Waals surface area contributed by atoms with Crippen molar-refractivity contribution in [3.63, 3.8) is 0 Å². The van der Waals surface area contributed by atoms with E-state index in [1.54, 1.807) is 24.9 Å². The molecule has 0 aliphatic carbocycles. The van der Waals surface area contributed by atoms with Crippen LogP contribution in [0.4, 0.5) is 11.4 Å². The summed E-state index contributed by atoms with van der Waals surface area (Å²) in [6, 6.07) is 11.7. The standard InChI is InChI=1S/C14H12N2O2/c1-3-11(14-17-7-8-18-14)9-12(4-1)16-13-5-2-6-15-10-13/h1-10,14,16H. The van der Waals surface area contributed by atoms with Crippen molar-refractivity contribution in [2.24, 2.45) is 0 Å². The molecule has 2 heterocycles. The van der Waals surface area contributed by atoms with Crippen molar-refractivity contribution >= 4 is 11.4 Å². The highest BCUT2D eigenvalue weighted by Crippen LogP contribution is 2.26. The van der Waals surface area contributed by atoms with E-state index in [1.807, 2.05) is 36.4 Å². The van der Waals surface area contributed by atoms with E-state index in [4.69, 9.17) is 9.47 Å². The zero-order valence-corrected chi connectivity index (χ0v) is 9.61. The second-order valence-corrected chi connectivity index (χ2v) is 3.87. The largest absolute Gasteiger partial charge is 0.455 e. The summed E-state index contributed by atoms with van der Waals surface area (Å²) >= 11 is 0. The summed E-state index contributed by atoms with van der Waals surface area (Å²) in [7, 11) is 0. The number of ether oxygens (including phenoxy) is 2. The van der Waals surface area contributed by atoms with Crippen molar-refractivity contribution in [1.29, 1.82) is 0 Å². The number of pyridine rings is 1. The zero-order chi connectivity index (χ0) is 12.2. The highest BCUT2D eigenvalue weighted by molar-refractivity contribution is 5.59. The Morgan fingerprint density at radius 3 is 2.61 bits per heavy atom. The molecule has 0 radical (unpaired) electrons. The maximum Gasteiger partial charge on any atom is 0.266 e. The number of hydrogen-bond acceptors (Lipinski definition) is 4. The molecule has 4 heteroatoms. The lowest BCUT2D eigenvalue weighted by molar-refractivity contribution is -0.0245. The van der Waals surface area contributed by atoms with E-state index in [1.165, 1.54) is 0 Å². The molecule has 1 aromatic carbocycles. The predicted molar refractivity (Wildman–Crippen MR) is 68.0 cm³/mol. The molecule has 0 saturated carbocycles. The molecule has 1 aliphatic rings. The molecule has 0 spiro atoms. The molecule has 2 aromatic rings. The monoisotopic (exact) mass is 240 g/mol. The van der Waals surface area contributed by atoms with Crippen LogP contribution in [0.3, 0.4) is 0 Å². The molecule has 0 bridgehead atoms. The maximum atomic E-state index is 5.30. The van der Waals surface area contributed by atoms with Crippen LogP contribution in [0.1, 0.15) is 11.9 Å². The minimum atomic E-state index is -0.347. The van der Waals surface area contributed by atoms with Gasteiger partial charge in [-0.25, -0.2) is 0 Å². The van der Waals surface area contributed by atoms with Crippen LogP contribution in [0.25, 0.3) is 0 Å². The third-order valence-electron chi connectivity index (χ3n) is 2.57. The smallest absolute Gasteiger partial charge is 0.266 e. The molecule has 0 unspecified atom stereocenters. The summed E-state index contributed by atoms with van der Waals surface area (Å²) in [6.07, 6.45) is 6.27. The molecule has 3 rings (SSSR count). The van der Waals surface area contributed by atoms with Crippen LogP contribution in [0, 0.1) is 0 Å². The quantitative estimate of drug-likeness (QED) is 0.893. The van der Waals surface area contributed by atoms with E-state index >= 15 is 0 Å². The van der Waals surface area contributed by atoms with Gasteiger partial charge >= 0.3 is 0 Å². The molecule has 1 aliphatic heterocycles. The second-order valence-electron chi connectivity index (χ2n) is 3.87. The Morgan fingerprint density at radius 2 is 1.83 bits per heavy atom. The molecule has 4 nitrogen and oxygen atoms in total. The summed E-state index contributed by atoms with van der Waals surface area (Å²) in [6.45, 7) is 0. The molecule has 90 valence electrons. The Hall–Kier alpha value is -2.49. The topological polar surface area (TPSA) is 43.4 Å². The van der Waals surface area contributed by atoms with Gasteiger partial charge in [0.25, 0.3) is 6.29 Å². The van der Waals surface area contributed by atoms with Crippen molar-refractivity contribution in [2.45, 2.75) is 6.29 Å². The Kier molecular flexibility index (Phi) is 2.84. The van der Waals surface area contributed by atoms with Crippen LogP contribution in [-0.4, -0.2) is 4.98 Å². The number of benzene rings is 1. The maximum absolute atomic E-state index is 5.30. The van der Waals surface area contributed by atoms with Gasteiger partial charge in [0.05, 0.1) is 11.9 Å². The second kappa shape index (κ2) is 4.79. The molecule has 0 fully saturated rings. The third kappa shape index (κ3) is 2.27. The average Bonchev–Trinajstić information content (AvgIpc) is 2.94. The Morgan fingerprint density at radius 1 is 1.00 bits per heavy atom. The zero-order valence-electron chi connectivity index (χ0n) is 9.61. The molecule has 0 saturated heterocycles. The van der Waals surface area contributed by atoms with E-state index < -0.39 is 0 Å². The predicted octanol–water partition coefficient (Wildman–Crippen LogP) is 3.34. The number of aromatic nitrogens is 1. The molecular weight excluding hydrogens is 228 g/mol. The SMILES string of the molecule is C1=COC(c2cccc(Nc3cccnc3)c2)O1. The number of anilines is 2. The fraction of sp³-hybridized carbons (Fsp3) is 0.0714. The molecule has 18 heavy (non-hydrogen) atoms. The lowest BCUT2D eigenvalue weighted by atomic mass is 10.2. The van der Waals surface area contributed by atoms with Crippen LogP contribution in [0.5, 0.6) is 0 Å². The summed E-state index contributed by atoms with van der Waals surface area (Å²) in [5.74, 6) is 0. The first-order valence-electron chi connectivity index (χ1n) is 5.65. The molecule has 1 aromatic heterocycles. The minimum absolute atomic E-state index is 0.347. The number of nitrogens with zero attached hydrogens (tertiary/aromatic N) is 1. The molecule has 0 amide bonds. The van der Waals surface area contributed by atoms with Crippen LogP contribution < -0.4 is 5.32 Å². The van der Waals surface area contributed by atoms with Gasteiger partial charge in [0.15, 0.2) is 0 Å². The Bertz CT molecular complexity index is 547. The van der Waals surface area contributed by atoms with Crippen LogP contribution in [0.2, 0.25) is 0 Å². The normalized spacial score (nSPS) is 14.0. The van der Waals surface area contributed by atoms with E-state index in [2.05, 4.69) is 10.3 Å². The van der Waals surface area contributed by atoms with Crippen molar-refractivity contribution in [2.75, 3.05) is 5.32 Å². The molecular formula is C14H12N2O2. The van der Waals surface area contributed by atoms with Gasteiger partial charge in [-0.1, -0.05) is 12.1 Å². The number of rotatable bonds is 3. The highest BCUT2D eigenvalue weighted by atomic mass is 16.7. The fourth-order valence-corrected chi connectivity index (χ4v) is 1.76. The lowest BCUT2D eigenvalue weighted by Crippen LogP contribution is -1.99. The summed E-state index contributed by atoms with van der Waals surface area (Å²) in [5.41, 5.74) is 2.88. The van der Waals surface area contributed by atoms with Crippen molar-refractivity contribution in [3.8, 4) is 0 Å². The van der Waals surface area contributed by atoms with Gasteiger partial charge in [0.1, 0.15) is 12.5 Å². The Labute approximate surface area is 105 Å². The third-order valence-corrected chi connectivity index (χ3v) is 2.57. The van der Waals surface area contributed by atoms with Crippen molar-refractivity contribution < 1.29 is 9.47 Å². The summed E-state index contributed by atoms with van der Waals surface area (Å²) < 4.78 is 10.6. The van der Waals surface area contributed by atoms with Crippen LogP contribution in [0.15, 0.2) is 61.3 Å². The fourth-order valence-electron chi connectivity index (χ4n) is 1.76. The van der Waals surface area contributed by atoms with Gasteiger partial charge in [-0.3, -0.25) is 4.98 Å². The van der Waals surface area contributed by atoms with E-state index in [-0.39, 0.29) is 6.29 Å². The molecule has 0 atom stereocenters. The minimum Gasteiger partial charge on any atom is -0.455 e. The molecule has 1 N–H and O–H groups in total. The number of hydrogen-bond donors (Lipinski definition) is 1. The Balaban J connectivity index is 1.79. The van der Waals surface area contributed by atoms with Crippen molar-refractivity contribution in [3.05, 3.63) is 66.9 Å². The van der Waals surface area contributed by atoms with E-state index in [9.17, 15) is 0 Å². The van der Waals surface area contributed by atoms with Gasteiger partial charge < -0.3 is 14.8 Å². The van der Waals surface area contributed by atoms with Crippen LogP contribution >= 0.6 is 0 Å². The summed E-state index contributed by atoms with van der Waals surface area (Å²) in [5, 5.41) is 3.27. The van der Waals surface area contributed by atoms with Gasteiger partial charge in [-0.05, 0) is 24.3 Å². The first-order valence-corrected chi connectivity index (χ1v) is 5.65. The van der Waals surface area contributed by atoms with E-state index in [0.717, 1.165) is 16.9 Å². The highest BCUT2D eigenvalue weighted by Gasteiger charge is 2.15. The van der Waals surface area contributed by atoms with E-state index in [0.29, 0.717) is 0 Å². The number of nitrogens with one attached hydrogen (secondary N) is 1.